The second-order valence-corrected chi connectivity index (χ2v) is 6.70. The number of hydrogen-bond acceptors (Lipinski definition) is 7. The number of pyridine rings is 1. The number of carbonyl (C=O) groups is 1. The van der Waals surface area contributed by atoms with Gasteiger partial charge in [-0.15, -0.1) is 4.68 Å². The lowest BCUT2D eigenvalue weighted by molar-refractivity contribution is -0.623. The van der Waals surface area contributed by atoms with E-state index in [1.807, 2.05) is 6.92 Å². The number of methoxy groups -OCH3 is 1. The Kier molecular flexibility index (Phi) is 6.49. The van der Waals surface area contributed by atoms with Crippen molar-refractivity contribution in [1.82, 2.24) is 0 Å². The molecule has 0 fully saturated rings. The van der Waals surface area contributed by atoms with Crippen LogP contribution in [-0.2, 0) is 14.9 Å². The molecular formula is C16H21N3O5S. The summed E-state index contributed by atoms with van der Waals surface area (Å²) in [5, 5.41) is 0. The summed E-state index contributed by atoms with van der Waals surface area (Å²) in [6, 6.07) is 6.54. The smallest absolute Gasteiger partial charge is 0.346 e. The summed E-state index contributed by atoms with van der Waals surface area (Å²) in [5.74, 6) is 5.09. The van der Waals surface area contributed by atoms with Crippen molar-refractivity contribution in [3.63, 3.8) is 0 Å². The maximum Gasteiger partial charge on any atom is 0.346 e. The number of nitrogens with zero attached hydrogens (tertiary/aromatic N) is 1. The maximum absolute atomic E-state index is 11.0. The van der Waals surface area contributed by atoms with Gasteiger partial charge in [0.2, 0.25) is 0 Å². The zero-order valence-electron chi connectivity index (χ0n) is 14.4. The van der Waals surface area contributed by atoms with E-state index in [4.69, 9.17) is 11.6 Å². The highest BCUT2D eigenvalue weighted by atomic mass is 32.2. The molecule has 0 bridgehead atoms. The van der Waals surface area contributed by atoms with Crippen molar-refractivity contribution in [1.29, 1.82) is 0 Å². The minimum atomic E-state index is -4.33. The molecule has 0 spiro atoms. The molecule has 0 aliphatic carbocycles. The summed E-state index contributed by atoms with van der Waals surface area (Å²) >= 11 is 0. The van der Waals surface area contributed by atoms with Crippen LogP contribution in [0.3, 0.4) is 0 Å². The first-order valence-electron chi connectivity index (χ1n) is 7.16. The molecule has 0 amide bonds. The van der Waals surface area contributed by atoms with Gasteiger partial charge in [0.15, 0.2) is 5.56 Å². The van der Waals surface area contributed by atoms with Crippen LogP contribution in [0.5, 0.6) is 0 Å². The number of aryl methyl sites for hydroxylation is 3. The van der Waals surface area contributed by atoms with E-state index in [2.05, 4.69) is 4.74 Å². The van der Waals surface area contributed by atoms with Gasteiger partial charge in [0.25, 0.3) is 0 Å². The van der Waals surface area contributed by atoms with Crippen molar-refractivity contribution in [2.75, 3.05) is 18.7 Å². The normalized spacial score (nSPS) is 10.6. The fraction of sp³-hybridized carbons (Fsp3) is 0.250. The molecule has 8 nitrogen and oxygen atoms in total. The van der Waals surface area contributed by atoms with E-state index < -0.39 is 16.1 Å². The highest BCUT2D eigenvalue weighted by Gasteiger charge is 2.16. The molecule has 0 saturated heterocycles. The number of nitrogens with two attached hydrogens (primary N) is 2. The quantitative estimate of drug-likeness (QED) is 0.342. The van der Waals surface area contributed by atoms with Crippen LogP contribution in [0.2, 0.25) is 0 Å². The molecule has 25 heavy (non-hydrogen) atoms. The number of rotatable bonds is 2. The van der Waals surface area contributed by atoms with Crippen molar-refractivity contribution in [3.8, 4) is 0 Å². The van der Waals surface area contributed by atoms with E-state index in [1.165, 1.54) is 7.11 Å². The molecular weight excluding hydrogens is 346 g/mol. The molecule has 0 atom stereocenters. The highest BCUT2D eigenvalue weighted by Crippen LogP contribution is 2.20. The largest absolute Gasteiger partial charge is 0.744 e. The molecule has 1 heterocycles. The van der Waals surface area contributed by atoms with Crippen molar-refractivity contribution in [2.45, 2.75) is 25.7 Å². The van der Waals surface area contributed by atoms with Gasteiger partial charge in [-0.25, -0.2) is 13.2 Å². The molecule has 2 aromatic rings. The molecule has 2 rings (SSSR count). The Morgan fingerprint density at radius 2 is 1.72 bits per heavy atom. The van der Waals surface area contributed by atoms with Gasteiger partial charge in [0, 0.05) is 0 Å². The average molecular weight is 367 g/mol. The molecule has 1 aromatic heterocycles. The number of benzene rings is 1. The van der Waals surface area contributed by atoms with Crippen LogP contribution in [0.4, 0.5) is 5.82 Å². The van der Waals surface area contributed by atoms with Crippen LogP contribution in [0.15, 0.2) is 35.4 Å². The average Bonchev–Trinajstić information content (AvgIpc) is 2.47. The van der Waals surface area contributed by atoms with E-state index in [0.29, 0.717) is 11.1 Å². The first kappa shape index (κ1) is 20.4. The molecule has 9 heteroatoms. The first-order chi connectivity index (χ1) is 11.5. The monoisotopic (exact) mass is 367 g/mol. The fourth-order valence-corrected chi connectivity index (χ4v) is 3.29. The minimum absolute atomic E-state index is 0.0851. The van der Waals surface area contributed by atoms with Crippen molar-refractivity contribution >= 4 is 21.9 Å². The van der Waals surface area contributed by atoms with Crippen molar-refractivity contribution in [2.24, 2.45) is 0 Å². The summed E-state index contributed by atoms with van der Waals surface area (Å²) in [6.45, 7) is 5.12. The molecule has 0 aliphatic heterocycles. The Hall–Kier alpha value is -2.65. The van der Waals surface area contributed by atoms with Crippen LogP contribution in [0.1, 0.15) is 27.0 Å². The minimum Gasteiger partial charge on any atom is -0.744 e. The van der Waals surface area contributed by atoms with Crippen molar-refractivity contribution in [3.05, 3.63) is 52.7 Å². The fourth-order valence-electron chi connectivity index (χ4n) is 2.38. The summed E-state index contributed by atoms with van der Waals surface area (Å²) in [5.41, 5.74) is 7.76. The number of esters is 1. The zero-order chi connectivity index (χ0) is 19.4. The molecule has 0 saturated carbocycles. The van der Waals surface area contributed by atoms with Crippen molar-refractivity contribution < 1.29 is 27.2 Å². The van der Waals surface area contributed by atoms with Gasteiger partial charge in [0.05, 0.1) is 12.0 Å². The topological polar surface area (TPSA) is 139 Å². The molecule has 136 valence electrons. The predicted molar refractivity (Wildman–Crippen MR) is 91.2 cm³/mol. The van der Waals surface area contributed by atoms with Gasteiger partial charge in [-0.2, -0.15) is 0 Å². The third-order valence-corrected chi connectivity index (χ3v) is 4.47. The standard InChI is InChI=1S/C9H12O3S.C7H9N3O2/c1-6-4-7(2)9(8(3)5-6)13(10,11)12;1-12-7(11)5-3-2-4-10(9)6(5)8/h4-5H,1-3H3,(H,10,11,12);2-4,8H,9H2,1H3. The first-order valence-corrected chi connectivity index (χ1v) is 8.57. The van der Waals surface area contributed by atoms with Gasteiger partial charge >= 0.3 is 11.8 Å². The lowest BCUT2D eigenvalue weighted by Gasteiger charge is -2.14. The zero-order valence-corrected chi connectivity index (χ0v) is 15.3. The van der Waals surface area contributed by atoms with Gasteiger partial charge < -0.3 is 9.29 Å². The molecule has 0 aliphatic rings. The second kappa shape index (κ2) is 7.95. The van der Waals surface area contributed by atoms with E-state index in [9.17, 15) is 17.8 Å². The molecule has 1 aromatic carbocycles. The van der Waals surface area contributed by atoms with Gasteiger partial charge in [-0.1, -0.05) is 17.7 Å². The summed E-state index contributed by atoms with van der Waals surface area (Å²) in [6.07, 6.45) is 1.54. The number of nitrogen functional groups attached to an aromatic ring is 2. The van der Waals surface area contributed by atoms with Crippen LogP contribution >= 0.6 is 0 Å². The van der Waals surface area contributed by atoms with Gasteiger partial charge in [-0.05, 0) is 44.0 Å². The number of carbonyl (C=O) groups excluding carboxylic acids is 1. The van der Waals surface area contributed by atoms with E-state index in [1.54, 1.807) is 44.3 Å². The summed E-state index contributed by atoms with van der Waals surface area (Å²) in [4.78, 5) is 10.9. The number of ether oxygens (including phenoxy) is 1. The van der Waals surface area contributed by atoms with E-state index in [-0.39, 0.29) is 16.3 Å². The van der Waals surface area contributed by atoms with Crippen LogP contribution in [0, 0.1) is 20.8 Å². The Morgan fingerprint density at radius 1 is 1.20 bits per heavy atom. The number of anilines is 1. The Labute approximate surface area is 146 Å². The Balaban J connectivity index is 0.000000251. The van der Waals surface area contributed by atoms with Crippen LogP contribution < -0.4 is 16.3 Å². The Bertz CT molecular complexity index is 872. The van der Waals surface area contributed by atoms with Gasteiger partial charge in [0.1, 0.15) is 16.3 Å². The molecule has 4 N–H and O–H groups in total. The lowest BCUT2D eigenvalue weighted by atomic mass is 10.1. The summed E-state index contributed by atoms with van der Waals surface area (Å²) < 4.78 is 38.1. The maximum atomic E-state index is 11.0. The Morgan fingerprint density at radius 3 is 2.16 bits per heavy atom. The van der Waals surface area contributed by atoms with Crippen LogP contribution in [0.25, 0.3) is 0 Å². The number of hydrogen-bond donors (Lipinski definition) is 2. The molecule has 0 radical (unpaired) electrons. The van der Waals surface area contributed by atoms with E-state index >= 15 is 0 Å². The SMILES string of the molecule is COC(=O)c1ccc[n+](N)c1N.Cc1cc(C)c(S(=O)(=O)[O-])c(C)c1. The highest BCUT2D eigenvalue weighted by molar-refractivity contribution is 7.85. The number of aromatic nitrogens is 1. The predicted octanol–water partition coefficient (Wildman–Crippen LogP) is 0.573. The third-order valence-electron chi connectivity index (χ3n) is 3.32. The summed E-state index contributed by atoms with van der Waals surface area (Å²) in [7, 11) is -3.04. The lowest BCUT2D eigenvalue weighted by Crippen LogP contribution is -2.47. The van der Waals surface area contributed by atoms with Gasteiger partial charge in [-0.3, -0.25) is 11.6 Å². The van der Waals surface area contributed by atoms with E-state index in [0.717, 1.165) is 10.2 Å². The third kappa shape index (κ3) is 5.16. The van der Waals surface area contributed by atoms with Crippen LogP contribution in [-0.4, -0.2) is 26.0 Å². The molecule has 0 unspecified atom stereocenters. The second-order valence-electron chi connectivity index (χ2n) is 5.39.